The summed E-state index contributed by atoms with van der Waals surface area (Å²) in [6.45, 7) is 10.3. The Kier molecular flexibility index (Phi) is 7.99. The maximum absolute atomic E-state index is 14.0. The number of aryl methyl sites for hydroxylation is 1. The van der Waals surface area contributed by atoms with Crippen LogP contribution in [-0.4, -0.2) is 35.4 Å². The van der Waals surface area contributed by atoms with Gasteiger partial charge in [0.2, 0.25) is 0 Å². The number of aromatic nitrogens is 2. The van der Waals surface area contributed by atoms with Gasteiger partial charge in [0.15, 0.2) is 4.80 Å². The fourth-order valence-electron chi connectivity index (χ4n) is 5.22. The molecule has 0 amide bonds. The van der Waals surface area contributed by atoms with E-state index in [1.165, 1.54) is 11.3 Å². The summed E-state index contributed by atoms with van der Waals surface area (Å²) in [6, 6.07) is 16.7. The van der Waals surface area contributed by atoms with Crippen LogP contribution < -0.4 is 24.4 Å². The predicted molar refractivity (Wildman–Crippen MR) is 160 cm³/mol. The van der Waals surface area contributed by atoms with Crippen LogP contribution in [0.5, 0.6) is 11.5 Å². The first kappa shape index (κ1) is 28.2. The first-order valence-corrected chi connectivity index (χ1v) is 14.3. The van der Waals surface area contributed by atoms with Crippen LogP contribution in [-0.2, 0) is 9.53 Å². The summed E-state index contributed by atoms with van der Waals surface area (Å²) in [7, 11) is 1.65. The van der Waals surface area contributed by atoms with Crippen LogP contribution in [0.4, 0.5) is 0 Å². The van der Waals surface area contributed by atoms with Crippen LogP contribution in [0.2, 0.25) is 0 Å². The Morgan fingerprint density at radius 3 is 2.32 bits per heavy atom. The Bertz CT molecular complexity index is 1810. The highest BCUT2D eigenvalue weighted by Crippen LogP contribution is 2.32. The lowest BCUT2D eigenvalue weighted by Gasteiger charge is -2.24. The summed E-state index contributed by atoms with van der Waals surface area (Å²) < 4.78 is 20.6. The van der Waals surface area contributed by atoms with Crippen molar-refractivity contribution in [3.05, 3.63) is 108 Å². The third kappa shape index (κ3) is 5.25. The molecule has 0 saturated heterocycles. The number of carbonyl (C=O) groups is 1. The average Bonchev–Trinajstić information content (AvgIpc) is 3.42. The van der Waals surface area contributed by atoms with Crippen LogP contribution >= 0.6 is 11.3 Å². The van der Waals surface area contributed by atoms with Gasteiger partial charge in [-0.05, 0) is 94.3 Å². The average molecular weight is 572 g/mol. The van der Waals surface area contributed by atoms with Crippen LogP contribution in [0.25, 0.3) is 11.8 Å². The van der Waals surface area contributed by atoms with Gasteiger partial charge in [0.05, 0.1) is 42.2 Å². The smallest absolute Gasteiger partial charge is 0.338 e. The summed E-state index contributed by atoms with van der Waals surface area (Å²) >= 11 is 1.31. The van der Waals surface area contributed by atoms with Gasteiger partial charge < -0.3 is 18.8 Å². The van der Waals surface area contributed by atoms with Crippen molar-refractivity contribution in [3.8, 4) is 17.2 Å². The summed E-state index contributed by atoms with van der Waals surface area (Å²) in [4.78, 5) is 32.4. The highest BCUT2D eigenvalue weighted by Gasteiger charge is 2.33. The molecule has 212 valence electrons. The Morgan fingerprint density at radius 1 is 1.00 bits per heavy atom. The fourth-order valence-corrected chi connectivity index (χ4v) is 6.26. The number of carbonyl (C=O) groups excluding carboxylic acids is 1. The minimum atomic E-state index is -0.671. The number of esters is 1. The van der Waals surface area contributed by atoms with Crippen molar-refractivity contribution in [1.82, 2.24) is 9.13 Å². The van der Waals surface area contributed by atoms with Gasteiger partial charge in [-0.2, -0.15) is 0 Å². The van der Waals surface area contributed by atoms with Crippen molar-refractivity contribution in [1.29, 1.82) is 0 Å². The number of hydrogen-bond acceptors (Lipinski definition) is 7. The SMILES string of the molecule is CCOC(=O)C1=C(C)N=c2s/c(=C/c3cc(C)n(-c4ccc(OC)cc4)c3C)c(=O)n2[C@H]1c1ccc(OCC)cc1. The summed E-state index contributed by atoms with van der Waals surface area (Å²) in [5.74, 6) is 1.02. The molecule has 0 saturated carbocycles. The van der Waals surface area contributed by atoms with Gasteiger partial charge in [-0.15, -0.1) is 0 Å². The number of nitrogens with zero attached hydrogens (tertiary/aromatic N) is 3. The van der Waals surface area contributed by atoms with E-state index < -0.39 is 12.0 Å². The van der Waals surface area contributed by atoms with Gasteiger partial charge in [-0.1, -0.05) is 23.5 Å². The second kappa shape index (κ2) is 11.6. The van der Waals surface area contributed by atoms with E-state index in [9.17, 15) is 9.59 Å². The van der Waals surface area contributed by atoms with E-state index in [0.29, 0.717) is 33.0 Å². The summed E-state index contributed by atoms with van der Waals surface area (Å²) in [5, 5.41) is 0. The number of thiazole rings is 1. The van der Waals surface area contributed by atoms with E-state index in [-0.39, 0.29) is 12.2 Å². The zero-order valence-corrected chi connectivity index (χ0v) is 24.9. The molecule has 0 unspecified atom stereocenters. The molecule has 2 aromatic carbocycles. The largest absolute Gasteiger partial charge is 0.497 e. The quantitative estimate of drug-likeness (QED) is 0.289. The molecule has 1 atom stereocenters. The second-order valence-corrected chi connectivity index (χ2v) is 10.7. The van der Waals surface area contributed by atoms with Gasteiger partial charge in [-0.25, -0.2) is 9.79 Å². The molecule has 4 aromatic rings. The van der Waals surface area contributed by atoms with Crippen molar-refractivity contribution < 1.29 is 19.0 Å². The number of fused-ring (bicyclic) bond motifs is 1. The second-order valence-electron chi connectivity index (χ2n) is 9.66. The molecule has 8 nitrogen and oxygen atoms in total. The van der Waals surface area contributed by atoms with Crippen molar-refractivity contribution in [2.45, 2.75) is 40.7 Å². The van der Waals surface area contributed by atoms with Crippen molar-refractivity contribution >= 4 is 23.4 Å². The minimum Gasteiger partial charge on any atom is -0.497 e. The zero-order valence-electron chi connectivity index (χ0n) is 24.1. The summed E-state index contributed by atoms with van der Waals surface area (Å²) in [6.07, 6.45) is 1.91. The van der Waals surface area contributed by atoms with Crippen LogP contribution in [0, 0.1) is 13.8 Å². The molecule has 41 heavy (non-hydrogen) atoms. The van der Waals surface area contributed by atoms with Crippen LogP contribution in [0.1, 0.15) is 49.3 Å². The van der Waals surface area contributed by atoms with Gasteiger partial charge in [-0.3, -0.25) is 9.36 Å². The number of rotatable bonds is 8. The van der Waals surface area contributed by atoms with Gasteiger partial charge in [0.25, 0.3) is 5.56 Å². The minimum absolute atomic E-state index is 0.212. The van der Waals surface area contributed by atoms with Gasteiger partial charge in [0.1, 0.15) is 11.5 Å². The number of benzene rings is 2. The molecule has 3 heterocycles. The third-order valence-corrected chi connectivity index (χ3v) is 8.09. The number of allylic oxidation sites excluding steroid dienone is 1. The first-order chi connectivity index (χ1) is 19.8. The lowest BCUT2D eigenvalue weighted by atomic mass is 9.96. The molecule has 0 spiro atoms. The summed E-state index contributed by atoms with van der Waals surface area (Å²) in [5.41, 5.74) is 5.44. The first-order valence-electron chi connectivity index (χ1n) is 13.5. The molecular weight excluding hydrogens is 538 g/mol. The molecule has 0 aliphatic carbocycles. The molecule has 1 aliphatic rings. The van der Waals surface area contributed by atoms with E-state index in [1.54, 1.807) is 25.5 Å². The van der Waals surface area contributed by atoms with E-state index in [1.807, 2.05) is 75.4 Å². The lowest BCUT2D eigenvalue weighted by Crippen LogP contribution is -2.39. The standard InChI is InChI=1S/C32H33N3O5S/c1-7-39-26-13-9-22(10-14-26)29-28(31(37)40-8-2)20(4)33-32-35(29)30(36)27(41-32)18-23-17-19(3)34(21(23)5)24-11-15-25(38-6)16-12-24/h9-18,29H,7-8H2,1-6H3/b27-18+/t29-/m0/s1. The fraction of sp³-hybridized carbons (Fsp3) is 0.281. The van der Waals surface area contributed by atoms with E-state index in [0.717, 1.165) is 34.0 Å². The molecule has 2 aromatic heterocycles. The Balaban J connectivity index is 1.65. The highest BCUT2D eigenvalue weighted by atomic mass is 32.1. The van der Waals surface area contributed by atoms with E-state index >= 15 is 0 Å². The number of ether oxygens (including phenoxy) is 3. The van der Waals surface area contributed by atoms with E-state index in [2.05, 4.69) is 15.6 Å². The third-order valence-electron chi connectivity index (χ3n) is 7.11. The molecule has 5 rings (SSSR count). The zero-order chi connectivity index (χ0) is 29.3. The molecule has 1 aliphatic heterocycles. The normalized spacial score (nSPS) is 15.0. The topological polar surface area (TPSA) is 84.0 Å². The molecule has 0 fully saturated rings. The predicted octanol–water partition coefficient (Wildman–Crippen LogP) is 4.61. The Morgan fingerprint density at radius 2 is 1.68 bits per heavy atom. The van der Waals surface area contributed by atoms with Gasteiger partial charge >= 0.3 is 5.97 Å². The monoisotopic (exact) mass is 571 g/mol. The highest BCUT2D eigenvalue weighted by molar-refractivity contribution is 7.07. The number of methoxy groups -OCH3 is 1. The Labute approximate surface area is 242 Å². The van der Waals surface area contributed by atoms with Gasteiger partial charge in [0, 0.05) is 17.1 Å². The molecule has 0 radical (unpaired) electrons. The lowest BCUT2D eigenvalue weighted by molar-refractivity contribution is -0.139. The molecule has 0 bridgehead atoms. The maximum atomic E-state index is 14.0. The number of hydrogen-bond donors (Lipinski definition) is 0. The van der Waals surface area contributed by atoms with Crippen molar-refractivity contribution in [3.63, 3.8) is 0 Å². The van der Waals surface area contributed by atoms with Crippen molar-refractivity contribution in [2.75, 3.05) is 20.3 Å². The van der Waals surface area contributed by atoms with Crippen molar-refractivity contribution in [2.24, 2.45) is 4.99 Å². The van der Waals surface area contributed by atoms with Crippen LogP contribution in [0.15, 0.2) is 75.7 Å². The molecule has 9 heteroatoms. The maximum Gasteiger partial charge on any atom is 0.338 e. The molecule has 0 N–H and O–H groups in total. The van der Waals surface area contributed by atoms with Crippen LogP contribution in [0.3, 0.4) is 0 Å². The molecular formula is C32H33N3O5S. The Hall–Kier alpha value is -4.37. The van der Waals surface area contributed by atoms with E-state index in [4.69, 9.17) is 14.2 Å².